The molecule has 1 atom stereocenters. The number of fused-ring (bicyclic) bond motifs is 1. The fourth-order valence-corrected chi connectivity index (χ4v) is 2.78. The van der Waals surface area contributed by atoms with Crippen molar-refractivity contribution >= 4 is 12.0 Å². The first-order valence-electron chi connectivity index (χ1n) is 7.63. The minimum Gasteiger partial charge on any atom is -0.457 e. The van der Waals surface area contributed by atoms with Gasteiger partial charge in [0.05, 0.1) is 17.0 Å². The molecule has 0 spiro atoms. The Balaban J connectivity index is 2.05. The molecule has 0 saturated carbocycles. The van der Waals surface area contributed by atoms with E-state index >= 15 is 0 Å². The van der Waals surface area contributed by atoms with E-state index in [0.717, 1.165) is 17.7 Å². The number of hydrogen-bond acceptors (Lipinski definition) is 4. The summed E-state index contributed by atoms with van der Waals surface area (Å²) in [5.41, 5.74) is 2.04. The number of ether oxygens (including phenoxy) is 1. The molecule has 0 fully saturated rings. The van der Waals surface area contributed by atoms with Gasteiger partial charge in [0.2, 0.25) is 0 Å². The van der Waals surface area contributed by atoms with Gasteiger partial charge in [-0.25, -0.2) is 0 Å². The molecule has 1 aromatic carbocycles. The summed E-state index contributed by atoms with van der Waals surface area (Å²) in [5, 5.41) is 8.13. The molecule has 0 aliphatic heterocycles. The second-order valence-electron chi connectivity index (χ2n) is 5.94. The third-order valence-corrected chi connectivity index (χ3v) is 3.88. The first-order valence-corrected chi connectivity index (χ1v) is 7.63. The van der Waals surface area contributed by atoms with Crippen LogP contribution in [0.1, 0.15) is 43.2 Å². The van der Waals surface area contributed by atoms with E-state index in [2.05, 4.69) is 10.2 Å². The van der Waals surface area contributed by atoms with Gasteiger partial charge in [-0.1, -0.05) is 17.7 Å². The fourth-order valence-electron chi connectivity index (χ4n) is 2.78. The number of carbonyl (C=O) groups excluding carboxylic acids is 1. The molecule has 0 saturated heterocycles. The zero-order valence-electron chi connectivity index (χ0n) is 13.6. The highest BCUT2D eigenvalue weighted by atomic mass is 19.4. The molecule has 25 heavy (non-hydrogen) atoms. The number of nitrogens with zero attached hydrogens (tertiary/aromatic N) is 2. The van der Waals surface area contributed by atoms with Crippen LogP contribution < -0.4 is 0 Å². The lowest BCUT2D eigenvalue weighted by molar-refractivity contribution is -0.146. The summed E-state index contributed by atoms with van der Waals surface area (Å²) in [4.78, 5) is 11.3. The summed E-state index contributed by atoms with van der Waals surface area (Å²) < 4.78 is 44.0. The topological polar surface area (TPSA) is 52.1 Å². The van der Waals surface area contributed by atoms with Crippen molar-refractivity contribution in [1.82, 2.24) is 10.2 Å². The van der Waals surface area contributed by atoms with Gasteiger partial charge in [-0.05, 0) is 31.2 Å². The SMILES string of the molecule is CC(=O)OC1CC(C)=Cc2nnc(-c3cccc(C(F)(F)F)c3)cc21. The third-order valence-electron chi connectivity index (χ3n) is 3.88. The van der Waals surface area contributed by atoms with E-state index in [1.54, 1.807) is 6.07 Å². The second-order valence-corrected chi connectivity index (χ2v) is 5.94. The molecule has 7 heteroatoms. The van der Waals surface area contributed by atoms with Gasteiger partial charge >= 0.3 is 12.1 Å². The van der Waals surface area contributed by atoms with Crippen LogP contribution in [-0.4, -0.2) is 16.2 Å². The number of aromatic nitrogens is 2. The maximum Gasteiger partial charge on any atom is 0.416 e. The lowest BCUT2D eigenvalue weighted by Crippen LogP contribution is -2.15. The number of alkyl halides is 3. The Labute approximate surface area is 142 Å². The average Bonchev–Trinajstić information content (AvgIpc) is 2.53. The van der Waals surface area contributed by atoms with Gasteiger partial charge in [-0.3, -0.25) is 4.79 Å². The van der Waals surface area contributed by atoms with Crippen LogP contribution in [0.4, 0.5) is 13.2 Å². The zero-order chi connectivity index (χ0) is 18.2. The van der Waals surface area contributed by atoms with Crippen LogP contribution in [0.25, 0.3) is 17.3 Å². The van der Waals surface area contributed by atoms with Gasteiger partial charge in [-0.2, -0.15) is 18.3 Å². The molecule has 0 radical (unpaired) electrons. The van der Waals surface area contributed by atoms with Crippen LogP contribution in [0.3, 0.4) is 0 Å². The molecule has 0 bridgehead atoms. The summed E-state index contributed by atoms with van der Waals surface area (Å²) in [7, 11) is 0. The number of carbonyl (C=O) groups is 1. The predicted octanol–water partition coefficient (Wildman–Crippen LogP) is 4.57. The minimum absolute atomic E-state index is 0.301. The molecule has 2 aromatic rings. The van der Waals surface area contributed by atoms with Crippen molar-refractivity contribution in [2.45, 2.75) is 32.5 Å². The zero-order valence-corrected chi connectivity index (χ0v) is 13.6. The van der Waals surface area contributed by atoms with Crippen LogP contribution in [0.15, 0.2) is 35.9 Å². The van der Waals surface area contributed by atoms with Gasteiger partial charge in [0.1, 0.15) is 6.10 Å². The summed E-state index contributed by atoms with van der Waals surface area (Å²) >= 11 is 0. The highest BCUT2D eigenvalue weighted by Gasteiger charge is 2.31. The molecular weight excluding hydrogens is 333 g/mol. The number of esters is 1. The van der Waals surface area contributed by atoms with Crippen LogP contribution in [0.2, 0.25) is 0 Å². The molecule has 0 N–H and O–H groups in total. The van der Waals surface area contributed by atoms with Crippen molar-refractivity contribution in [3.05, 3.63) is 52.7 Å². The number of rotatable bonds is 2. The third kappa shape index (κ3) is 3.70. The van der Waals surface area contributed by atoms with E-state index in [1.807, 2.05) is 13.0 Å². The monoisotopic (exact) mass is 348 g/mol. The van der Waals surface area contributed by atoms with E-state index in [-0.39, 0.29) is 0 Å². The maximum atomic E-state index is 12.9. The number of halogens is 3. The fraction of sp³-hybridized carbons (Fsp3) is 0.278. The van der Waals surface area contributed by atoms with Gasteiger partial charge < -0.3 is 4.74 Å². The van der Waals surface area contributed by atoms with Gasteiger partial charge in [-0.15, -0.1) is 5.10 Å². The average molecular weight is 348 g/mol. The Morgan fingerprint density at radius 1 is 1.24 bits per heavy atom. The molecule has 1 aliphatic carbocycles. The smallest absolute Gasteiger partial charge is 0.416 e. The molecule has 1 heterocycles. The standard InChI is InChI=1S/C18H15F3N2O2/c1-10-6-16-14(17(7-10)25-11(2)24)9-15(22-23-16)12-4-3-5-13(8-12)18(19,20)21/h3-6,8-9,17H,7H2,1-2H3. The second kappa shape index (κ2) is 6.31. The summed E-state index contributed by atoms with van der Waals surface area (Å²) in [5.74, 6) is -0.428. The molecular formula is C18H15F3N2O2. The van der Waals surface area contributed by atoms with E-state index in [4.69, 9.17) is 4.74 Å². The highest BCUT2D eigenvalue weighted by Crippen LogP contribution is 2.36. The van der Waals surface area contributed by atoms with Crippen molar-refractivity contribution in [2.75, 3.05) is 0 Å². The Morgan fingerprint density at radius 2 is 2.00 bits per heavy atom. The molecule has 0 amide bonds. The van der Waals surface area contributed by atoms with E-state index in [0.29, 0.717) is 28.9 Å². The summed E-state index contributed by atoms with van der Waals surface area (Å²) in [6.07, 6.45) is -2.60. The Bertz CT molecular complexity index is 860. The molecule has 1 unspecified atom stereocenters. The van der Waals surface area contributed by atoms with Crippen molar-refractivity contribution in [2.24, 2.45) is 0 Å². The Hall–Kier alpha value is -2.70. The van der Waals surface area contributed by atoms with Crippen molar-refractivity contribution in [3.63, 3.8) is 0 Å². The van der Waals surface area contributed by atoms with Crippen LogP contribution >= 0.6 is 0 Å². The van der Waals surface area contributed by atoms with Crippen LogP contribution in [0, 0.1) is 0 Å². The summed E-state index contributed by atoms with van der Waals surface area (Å²) in [6.45, 7) is 3.21. The lowest BCUT2D eigenvalue weighted by atomic mass is 9.93. The summed E-state index contributed by atoms with van der Waals surface area (Å²) in [6, 6.07) is 6.53. The highest BCUT2D eigenvalue weighted by molar-refractivity contribution is 5.68. The van der Waals surface area contributed by atoms with E-state index in [9.17, 15) is 18.0 Å². The molecule has 3 rings (SSSR count). The normalized spacial score (nSPS) is 16.8. The van der Waals surface area contributed by atoms with E-state index in [1.165, 1.54) is 19.1 Å². The van der Waals surface area contributed by atoms with Crippen molar-refractivity contribution < 1.29 is 22.7 Å². The van der Waals surface area contributed by atoms with Crippen molar-refractivity contribution in [3.8, 4) is 11.3 Å². The largest absolute Gasteiger partial charge is 0.457 e. The quantitative estimate of drug-likeness (QED) is 0.746. The minimum atomic E-state index is -4.43. The molecule has 130 valence electrons. The van der Waals surface area contributed by atoms with Crippen molar-refractivity contribution in [1.29, 1.82) is 0 Å². The predicted molar refractivity (Wildman–Crippen MR) is 85.2 cm³/mol. The number of benzene rings is 1. The Kier molecular flexibility index (Phi) is 4.32. The van der Waals surface area contributed by atoms with Gasteiger partial charge in [0.15, 0.2) is 0 Å². The lowest BCUT2D eigenvalue weighted by Gasteiger charge is -2.23. The van der Waals surface area contributed by atoms with Crippen LogP contribution in [0.5, 0.6) is 0 Å². The molecule has 4 nitrogen and oxygen atoms in total. The Morgan fingerprint density at radius 3 is 2.68 bits per heavy atom. The first-order chi connectivity index (χ1) is 11.7. The van der Waals surface area contributed by atoms with Crippen LogP contribution in [-0.2, 0) is 15.7 Å². The number of hydrogen-bond donors (Lipinski definition) is 0. The maximum absolute atomic E-state index is 12.9. The molecule has 1 aromatic heterocycles. The van der Waals surface area contributed by atoms with Gasteiger partial charge in [0.25, 0.3) is 0 Å². The molecule has 1 aliphatic rings. The van der Waals surface area contributed by atoms with Gasteiger partial charge in [0, 0.05) is 24.5 Å². The van der Waals surface area contributed by atoms with E-state index < -0.39 is 23.8 Å². The first kappa shape index (κ1) is 17.1.